The molecule has 0 saturated heterocycles. The first-order valence-electron chi connectivity index (χ1n) is 4.95. The van der Waals surface area contributed by atoms with Crippen LogP contribution in [0.2, 0.25) is 0 Å². The van der Waals surface area contributed by atoms with Gasteiger partial charge in [-0.15, -0.1) is 0 Å². The Balaban J connectivity index is 2.42. The topological polar surface area (TPSA) is 29.9 Å². The monoisotopic (exact) mass is 223 g/mol. The average molecular weight is 223 g/mol. The van der Waals surface area contributed by atoms with E-state index in [9.17, 15) is 8.78 Å². The predicted molar refractivity (Wildman–Crippen MR) is 57.6 cm³/mol. The summed E-state index contributed by atoms with van der Waals surface area (Å²) in [7, 11) is 0. The van der Waals surface area contributed by atoms with Gasteiger partial charge in [0.1, 0.15) is 0 Å². The molecule has 0 bridgehead atoms. The molecule has 2 aromatic rings. The van der Waals surface area contributed by atoms with Crippen molar-refractivity contribution in [3.8, 4) is 5.69 Å². The molecule has 0 aliphatic carbocycles. The molecule has 0 radical (unpaired) electrons. The third-order valence-corrected chi connectivity index (χ3v) is 2.16. The molecule has 0 unspecified atom stereocenters. The van der Waals surface area contributed by atoms with Crippen molar-refractivity contribution in [3.63, 3.8) is 0 Å². The van der Waals surface area contributed by atoms with E-state index in [4.69, 9.17) is 0 Å². The molecule has 2 rings (SSSR count). The smallest absolute Gasteiger partial charge is 0.207 e. The van der Waals surface area contributed by atoms with Crippen LogP contribution in [0.4, 0.5) is 14.7 Å². The third kappa shape index (κ3) is 1.88. The summed E-state index contributed by atoms with van der Waals surface area (Å²) < 4.78 is 27.5. The Hall–Kier alpha value is -1.91. The third-order valence-electron chi connectivity index (χ3n) is 2.16. The highest BCUT2D eigenvalue weighted by Gasteiger charge is 2.07. The van der Waals surface area contributed by atoms with Crippen molar-refractivity contribution in [2.75, 3.05) is 11.9 Å². The Morgan fingerprint density at radius 3 is 2.81 bits per heavy atom. The van der Waals surface area contributed by atoms with Gasteiger partial charge in [-0.2, -0.15) is 0 Å². The van der Waals surface area contributed by atoms with Crippen LogP contribution in [-0.2, 0) is 0 Å². The number of aromatic nitrogens is 2. The van der Waals surface area contributed by atoms with Crippen molar-refractivity contribution in [2.24, 2.45) is 0 Å². The molecular weight excluding hydrogens is 212 g/mol. The summed E-state index contributed by atoms with van der Waals surface area (Å²) in [4.78, 5) is 4.07. The van der Waals surface area contributed by atoms with E-state index in [1.807, 2.05) is 6.92 Å². The minimum Gasteiger partial charge on any atom is -0.356 e. The normalized spacial score (nSPS) is 10.4. The maximum atomic E-state index is 13.1. The van der Waals surface area contributed by atoms with Crippen LogP contribution in [0.25, 0.3) is 5.69 Å². The molecule has 0 saturated carbocycles. The molecule has 84 valence electrons. The van der Waals surface area contributed by atoms with Gasteiger partial charge in [-0.05, 0) is 19.1 Å². The SMILES string of the molecule is CCNc1nccn1-c1ccc(F)c(F)c1. The first-order chi connectivity index (χ1) is 7.72. The zero-order chi connectivity index (χ0) is 11.5. The van der Waals surface area contributed by atoms with Crippen molar-refractivity contribution in [1.82, 2.24) is 9.55 Å². The Bertz CT molecular complexity index is 494. The number of imidazole rings is 1. The molecular formula is C11H11F2N3. The number of rotatable bonds is 3. The van der Waals surface area contributed by atoms with Crippen molar-refractivity contribution < 1.29 is 8.78 Å². The summed E-state index contributed by atoms with van der Waals surface area (Å²) in [5.41, 5.74) is 0.535. The molecule has 1 aromatic carbocycles. The average Bonchev–Trinajstić information content (AvgIpc) is 2.71. The van der Waals surface area contributed by atoms with Crippen molar-refractivity contribution in [2.45, 2.75) is 6.92 Å². The van der Waals surface area contributed by atoms with E-state index in [-0.39, 0.29) is 0 Å². The molecule has 0 aliphatic rings. The van der Waals surface area contributed by atoms with E-state index in [1.54, 1.807) is 17.0 Å². The minimum atomic E-state index is -0.867. The van der Waals surface area contributed by atoms with E-state index < -0.39 is 11.6 Å². The van der Waals surface area contributed by atoms with Crippen molar-refractivity contribution >= 4 is 5.95 Å². The van der Waals surface area contributed by atoms with Gasteiger partial charge in [0.15, 0.2) is 11.6 Å². The maximum absolute atomic E-state index is 13.1. The fourth-order valence-corrected chi connectivity index (χ4v) is 1.44. The molecule has 1 N–H and O–H groups in total. The summed E-state index contributed by atoms with van der Waals surface area (Å²) in [5, 5.41) is 3.02. The van der Waals surface area contributed by atoms with Crippen molar-refractivity contribution in [3.05, 3.63) is 42.2 Å². The summed E-state index contributed by atoms with van der Waals surface area (Å²) >= 11 is 0. The van der Waals surface area contributed by atoms with E-state index in [0.717, 1.165) is 12.1 Å². The molecule has 0 spiro atoms. The zero-order valence-electron chi connectivity index (χ0n) is 8.74. The lowest BCUT2D eigenvalue weighted by molar-refractivity contribution is 0.508. The predicted octanol–water partition coefficient (Wildman–Crippen LogP) is 2.58. The van der Waals surface area contributed by atoms with Crippen LogP contribution < -0.4 is 5.32 Å². The van der Waals surface area contributed by atoms with Crippen LogP contribution in [0, 0.1) is 11.6 Å². The minimum absolute atomic E-state index is 0.535. The maximum Gasteiger partial charge on any atom is 0.207 e. The molecule has 0 fully saturated rings. The largest absolute Gasteiger partial charge is 0.356 e. The Labute approximate surface area is 91.7 Å². The quantitative estimate of drug-likeness (QED) is 0.866. The number of nitrogens with zero attached hydrogens (tertiary/aromatic N) is 2. The second-order valence-electron chi connectivity index (χ2n) is 3.25. The number of anilines is 1. The summed E-state index contributed by atoms with van der Waals surface area (Å²) in [6, 6.07) is 3.74. The molecule has 3 nitrogen and oxygen atoms in total. The number of halogens is 2. The fourth-order valence-electron chi connectivity index (χ4n) is 1.44. The van der Waals surface area contributed by atoms with Gasteiger partial charge in [-0.1, -0.05) is 0 Å². The zero-order valence-corrected chi connectivity index (χ0v) is 8.74. The van der Waals surface area contributed by atoms with E-state index >= 15 is 0 Å². The van der Waals surface area contributed by atoms with Gasteiger partial charge in [-0.25, -0.2) is 13.8 Å². The van der Waals surface area contributed by atoms with Gasteiger partial charge in [0.05, 0.1) is 5.69 Å². The van der Waals surface area contributed by atoms with E-state index in [1.165, 1.54) is 6.07 Å². The first kappa shape index (κ1) is 10.6. The van der Waals surface area contributed by atoms with Crippen molar-refractivity contribution in [1.29, 1.82) is 0 Å². The summed E-state index contributed by atoms with van der Waals surface area (Å²) in [6.07, 6.45) is 3.28. The highest BCUT2D eigenvalue weighted by atomic mass is 19.2. The van der Waals surface area contributed by atoms with Crippen LogP contribution in [0.5, 0.6) is 0 Å². The fraction of sp³-hybridized carbons (Fsp3) is 0.182. The van der Waals surface area contributed by atoms with E-state index in [0.29, 0.717) is 18.2 Å². The molecule has 16 heavy (non-hydrogen) atoms. The highest BCUT2D eigenvalue weighted by Crippen LogP contribution is 2.16. The molecule has 1 aromatic heterocycles. The van der Waals surface area contributed by atoms with Crippen LogP contribution >= 0.6 is 0 Å². The Morgan fingerprint density at radius 1 is 1.31 bits per heavy atom. The summed E-state index contributed by atoms with van der Waals surface area (Å²) in [5.74, 6) is -1.11. The van der Waals surface area contributed by atoms with Gasteiger partial charge in [0, 0.05) is 25.0 Å². The number of nitrogens with one attached hydrogen (secondary N) is 1. The Kier molecular flexibility index (Phi) is 2.85. The number of hydrogen-bond acceptors (Lipinski definition) is 2. The molecule has 0 atom stereocenters. The van der Waals surface area contributed by atoms with Gasteiger partial charge in [0.2, 0.25) is 5.95 Å². The lowest BCUT2D eigenvalue weighted by Crippen LogP contribution is -2.05. The van der Waals surface area contributed by atoms with Gasteiger partial charge >= 0.3 is 0 Å². The highest BCUT2D eigenvalue weighted by molar-refractivity contribution is 5.41. The van der Waals surface area contributed by atoms with Crippen LogP contribution in [0.3, 0.4) is 0 Å². The summed E-state index contributed by atoms with van der Waals surface area (Å²) in [6.45, 7) is 2.64. The second kappa shape index (κ2) is 4.30. The second-order valence-corrected chi connectivity index (χ2v) is 3.25. The first-order valence-corrected chi connectivity index (χ1v) is 4.95. The van der Waals surface area contributed by atoms with Gasteiger partial charge in [0.25, 0.3) is 0 Å². The molecule has 5 heteroatoms. The standard InChI is InChI=1S/C11H11F2N3/c1-2-14-11-15-5-6-16(11)8-3-4-9(12)10(13)7-8/h3-7H,2H2,1H3,(H,14,15). The molecule has 0 amide bonds. The van der Waals surface area contributed by atoms with Gasteiger partial charge < -0.3 is 5.32 Å². The van der Waals surface area contributed by atoms with Crippen LogP contribution in [-0.4, -0.2) is 16.1 Å². The lowest BCUT2D eigenvalue weighted by Gasteiger charge is -2.08. The Morgan fingerprint density at radius 2 is 2.12 bits per heavy atom. The lowest BCUT2D eigenvalue weighted by atomic mass is 10.3. The number of benzene rings is 1. The number of hydrogen-bond donors (Lipinski definition) is 1. The van der Waals surface area contributed by atoms with Crippen LogP contribution in [0.1, 0.15) is 6.92 Å². The van der Waals surface area contributed by atoms with E-state index in [2.05, 4.69) is 10.3 Å². The molecule has 0 aliphatic heterocycles. The molecule has 1 heterocycles. The van der Waals surface area contributed by atoms with Crippen LogP contribution in [0.15, 0.2) is 30.6 Å². The van der Waals surface area contributed by atoms with Gasteiger partial charge in [-0.3, -0.25) is 4.57 Å².